The highest BCUT2D eigenvalue weighted by molar-refractivity contribution is 6.10. The zero-order chi connectivity index (χ0) is 40.9. The summed E-state index contributed by atoms with van der Waals surface area (Å²) in [6.45, 7) is 4.26. The zero-order valence-electron chi connectivity index (χ0n) is 34.1. The standard InChI is InChI=1S/C57H42N4/c1-39-21-28-48(29-22-39)59(49-30-23-40(2)24-31-49)50-32-25-41(26-33-50)43-35-44(37-45(36-43)57-58-53-18-10-12-20-56(53)61(57)47-15-7-4-8-16-47)42-27-34-55-52(38-42)51-17-9-11-19-54(51)60(55)46-13-5-3-6-14-46/h3-38H,1-2H3. The van der Waals surface area contributed by atoms with Crippen LogP contribution in [0.3, 0.4) is 0 Å². The minimum absolute atomic E-state index is 0.902. The van der Waals surface area contributed by atoms with Gasteiger partial charge in [0.15, 0.2) is 0 Å². The van der Waals surface area contributed by atoms with E-state index in [0.717, 1.165) is 73.1 Å². The normalized spacial score (nSPS) is 11.4. The summed E-state index contributed by atoms with van der Waals surface area (Å²) in [5.41, 5.74) is 18.0. The third kappa shape index (κ3) is 6.55. The highest BCUT2D eigenvalue weighted by Crippen LogP contribution is 2.40. The molecule has 0 aliphatic rings. The Kier molecular flexibility index (Phi) is 8.90. The Morgan fingerprint density at radius 1 is 0.344 bits per heavy atom. The van der Waals surface area contributed by atoms with Gasteiger partial charge < -0.3 is 9.47 Å². The molecule has 4 heteroatoms. The van der Waals surface area contributed by atoms with E-state index in [-0.39, 0.29) is 0 Å². The Labute approximate surface area is 355 Å². The van der Waals surface area contributed by atoms with E-state index < -0.39 is 0 Å². The van der Waals surface area contributed by atoms with Crippen molar-refractivity contribution >= 4 is 49.9 Å². The van der Waals surface area contributed by atoms with Crippen molar-refractivity contribution in [3.05, 3.63) is 230 Å². The van der Waals surface area contributed by atoms with E-state index in [2.05, 4.69) is 246 Å². The number of rotatable bonds is 8. The number of anilines is 3. The maximum absolute atomic E-state index is 5.33. The molecule has 0 saturated heterocycles. The molecule has 0 spiro atoms. The lowest BCUT2D eigenvalue weighted by Gasteiger charge is -2.26. The first kappa shape index (κ1) is 36.2. The highest BCUT2D eigenvalue weighted by Gasteiger charge is 2.19. The predicted octanol–water partition coefficient (Wildman–Crippen LogP) is 15.2. The minimum atomic E-state index is 0.902. The van der Waals surface area contributed by atoms with E-state index in [1.54, 1.807) is 0 Å². The fourth-order valence-corrected chi connectivity index (χ4v) is 8.79. The van der Waals surface area contributed by atoms with Crippen LogP contribution in [-0.4, -0.2) is 14.1 Å². The van der Waals surface area contributed by atoms with Crippen LogP contribution in [0.2, 0.25) is 0 Å². The van der Waals surface area contributed by atoms with E-state index in [9.17, 15) is 0 Å². The third-order valence-corrected chi connectivity index (χ3v) is 11.8. The first-order valence-electron chi connectivity index (χ1n) is 20.9. The molecule has 0 saturated carbocycles. The maximum atomic E-state index is 5.33. The molecule has 0 aliphatic carbocycles. The van der Waals surface area contributed by atoms with Crippen LogP contribution in [0.25, 0.3) is 77.9 Å². The molecule has 290 valence electrons. The van der Waals surface area contributed by atoms with Gasteiger partial charge in [0.25, 0.3) is 0 Å². The Morgan fingerprint density at radius 3 is 1.46 bits per heavy atom. The Morgan fingerprint density at radius 2 is 0.820 bits per heavy atom. The van der Waals surface area contributed by atoms with Crippen LogP contribution in [0.15, 0.2) is 218 Å². The van der Waals surface area contributed by atoms with Gasteiger partial charge in [-0.2, -0.15) is 0 Å². The lowest BCUT2D eigenvalue weighted by molar-refractivity contribution is 1.10. The maximum Gasteiger partial charge on any atom is 0.145 e. The summed E-state index contributed by atoms with van der Waals surface area (Å²) in [5.74, 6) is 0.902. The summed E-state index contributed by atoms with van der Waals surface area (Å²) in [6.07, 6.45) is 0. The summed E-state index contributed by atoms with van der Waals surface area (Å²) >= 11 is 0. The van der Waals surface area contributed by atoms with Gasteiger partial charge in [-0.1, -0.05) is 120 Å². The zero-order valence-corrected chi connectivity index (χ0v) is 34.1. The van der Waals surface area contributed by atoms with Crippen LogP contribution in [-0.2, 0) is 0 Å². The van der Waals surface area contributed by atoms with Gasteiger partial charge in [0.1, 0.15) is 5.82 Å². The van der Waals surface area contributed by atoms with Crippen molar-refractivity contribution < 1.29 is 0 Å². The summed E-state index contributed by atoms with van der Waals surface area (Å²) in [7, 11) is 0. The molecule has 0 amide bonds. The van der Waals surface area contributed by atoms with Crippen LogP contribution in [0.4, 0.5) is 17.1 Å². The Balaban J connectivity index is 1.10. The van der Waals surface area contributed by atoms with Gasteiger partial charge >= 0.3 is 0 Å². The number of aromatic nitrogens is 3. The second-order valence-corrected chi connectivity index (χ2v) is 15.9. The summed E-state index contributed by atoms with van der Waals surface area (Å²) in [5, 5.41) is 2.45. The fourth-order valence-electron chi connectivity index (χ4n) is 8.79. The van der Waals surface area contributed by atoms with Crippen LogP contribution in [0.1, 0.15) is 11.1 Å². The second-order valence-electron chi connectivity index (χ2n) is 15.9. The van der Waals surface area contributed by atoms with Crippen molar-refractivity contribution in [3.63, 3.8) is 0 Å². The largest absolute Gasteiger partial charge is 0.311 e. The molecule has 0 bridgehead atoms. The number of imidazole rings is 1. The number of benzene rings is 9. The van der Waals surface area contributed by atoms with Crippen molar-refractivity contribution in [3.8, 4) is 45.0 Å². The molecular weight excluding hydrogens is 741 g/mol. The van der Waals surface area contributed by atoms with Gasteiger partial charge in [-0.25, -0.2) is 4.98 Å². The van der Waals surface area contributed by atoms with Gasteiger partial charge in [-0.15, -0.1) is 0 Å². The molecule has 2 heterocycles. The first-order valence-corrected chi connectivity index (χ1v) is 20.9. The van der Waals surface area contributed by atoms with E-state index >= 15 is 0 Å². The molecule has 0 aliphatic heterocycles. The molecular formula is C57H42N4. The average Bonchev–Trinajstić information content (AvgIpc) is 3.87. The third-order valence-electron chi connectivity index (χ3n) is 11.8. The molecule has 0 N–H and O–H groups in total. The number of para-hydroxylation sites is 5. The van der Waals surface area contributed by atoms with E-state index in [1.807, 2.05) is 0 Å². The first-order chi connectivity index (χ1) is 30.1. The summed E-state index contributed by atoms with van der Waals surface area (Å²) < 4.78 is 4.66. The molecule has 0 radical (unpaired) electrons. The quantitative estimate of drug-likeness (QED) is 0.153. The highest BCUT2D eigenvalue weighted by atomic mass is 15.1. The van der Waals surface area contributed by atoms with Crippen LogP contribution >= 0.6 is 0 Å². The van der Waals surface area contributed by atoms with E-state index in [0.29, 0.717) is 0 Å². The smallest absolute Gasteiger partial charge is 0.145 e. The van der Waals surface area contributed by atoms with Crippen molar-refractivity contribution in [2.45, 2.75) is 13.8 Å². The van der Waals surface area contributed by atoms with Gasteiger partial charge in [-0.05, 0) is 145 Å². The van der Waals surface area contributed by atoms with Crippen molar-refractivity contribution in [2.75, 3.05) is 4.90 Å². The monoisotopic (exact) mass is 782 g/mol. The molecule has 0 atom stereocenters. The topological polar surface area (TPSA) is 26.0 Å². The summed E-state index contributed by atoms with van der Waals surface area (Å²) in [6, 6.07) is 78.7. The molecule has 4 nitrogen and oxygen atoms in total. The average molecular weight is 783 g/mol. The number of hydrogen-bond acceptors (Lipinski definition) is 2. The number of fused-ring (bicyclic) bond motifs is 4. The predicted molar refractivity (Wildman–Crippen MR) is 256 cm³/mol. The van der Waals surface area contributed by atoms with Gasteiger partial charge in [0, 0.05) is 44.8 Å². The minimum Gasteiger partial charge on any atom is -0.311 e. The Bertz CT molecular complexity index is 3300. The van der Waals surface area contributed by atoms with Crippen LogP contribution < -0.4 is 4.90 Å². The van der Waals surface area contributed by atoms with Crippen molar-refractivity contribution in [1.82, 2.24) is 14.1 Å². The van der Waals surface area contributed by atoms with Crippen LogP contribution in [0.5, 0.6) is 0 Å². The number of nitrogens with zero attached hydrogens (tertiary/aromatic N) is 4. The molecule has 11 rings (SSSR count). The lowest BCUT2D eigenvalue weighted by Crippen LogP contribution is -2.09. The van der Waals surface area contributed by atoms with Crippen molar-refractivity contribution in [2.24, 2.45) is 0 Å². The van der Waals surface area contributed by atoms with Crippen LogP contribution in [0, 0.1) is 13.8 Å². The van der Waals surface area contributed by atoms with Crippen molar-refractivity contribution in [1.29, 1.82) is 0 Å². The molecule has 9 aromatic carbocycles. The SMILES string of the molecule is Cc1ccc(N(c2ccc(C)cc2)c2ccc(-c3cc(-c4ccc5c(c4)c4ccccc4n5-c4ccccc4)cc(-c4nc5ccccc5n4-c4ccccc4)c3)cc2)cc1. The van der Waals surface area contributed by atoms with E-state index in [4.69, 9.17) is 4.98 Å². The van der Waals surface area contributed by atoms with Gasteiger partial charge in [0.2, 0.25) is 0 Å². The molecule has 0 unspecified atom stereocenters. The molecule has 61 heavy (non-hydrogen) atoms. The lowest BCUT2D eigenvalue weighted by atomic mass is 9.94. The molecule has 11 aromatic rings. The second kappa shape index (κ2) is 15.0. The Hall–Kier alpha value is -7.95. The molecule has 2 aromatic heterocycles. The molecule has 0 fully saturated rings. The van der Waals surface area contributed by atoms with Gasteiger partial charge in [0.05, 0.1) is 22.1 Å². The number of aryl methyl sites for hydroxylation is 2. The van der Waals surface area contributed by atoms with E-state index in [1.165, 1.54) is 32.9 Å². The van der Waals surface area contributed by atoms with Gasteiger partial charge in [-0.3, -0.25) is 4.57 Å². The summed E-state index contributed by atoms with van der Waals surface area (Å²) in [4.78, 5) is 7.65. The fraction of sp³-hybridized carbons (Fsp3) is 0.0351. The number of hydrogen-bond donors (Lipinski definition) is 0.